The Morgan fingerprint density at radius 3 is 2.37 bits per heavy atom. The quantitative estimate of drug-likeness (QED) is 0.579. The topological polar surface area (TPSA) is 9.23 Å². The molecule has 2 rings (SSSR count). The van der Waals surface area contributed by atoms with Crippen LogP contribution in [-0.2, 0) is 0 Å². The van der Waals surface area contributed by atoms with E-state index in [4.69, 9.17) is 16.3 Å². The van der Waals surface area contributed by atoms with Crippen molar-refractivity contribution >= 4 is 43.5 Å². The third kappa shape index (κ3) is 3.33. The Hall–Kier alpha value is -0.510. The van der Waals surface area contributed by atoms with Gasteiger partial charge in [0, 0.05) is 15.1 Å². The Morgan fingerprint density at radius 2 is 1.79 bits per heavy atom. The molecule has 1 nitrogen and oxygen atoms in total. The summed E-state index contributed by atoms with van der Waals surface area (Å²) in [5.74, 6) is 0.873. The molecule has 2 aromatic rings. The van der Waals surface area contributed by atoms with Crippen LogP contribution in [-0.4, -0.2) is 7.11 Å². The lowest BCUT2D eigenvalue weighted by molar-refractivity contribution is 0.410. The second-order valence-electron chi connectivity index (χ2n) is 4.26. The van der Waals surface area contributed by atoms with E-state index in [1.165, 1.54) is 0 Å². The summed E-state index contributed by atoms with van der Waals surface area (Å²) in [7, 11) is 1.69. The van der Waals surface area contributed by atoms with Crippen molar-refractivity contribution in [1.82, 2.24) is 0 Å². The van der Waals surface area contributed by atoms with Crippen LogP contribution < -0.4 is 4.74 Å². The van der Waals surface area contributed by atoms with Gasteiger partial charge in [0.1, 0.15) is 5.75 Å². The number of rotatable bonds is 3. The van der Waals surface area contributed by atoms with Crippen LogP contribution in [0, 0.1) is 6.92 Å². The van der Waals surface area contributed by atoms with Gasteiger partial charge in [-0.25, -0.2) is 0 Å². The second kappa shape index (κ2) is 6.29. The molecular formula is C15H13Br2ClO. The van der Waals surface area contributed by atoms with Gasteiger partial charge in [-0.15, -0.1) is 0 Å². The van der Waals surface area contributed by atoms with E-state index in [0.717, 1.165) is 31.9 Å². The highest BCUT2D eigenvalue weighted by molar-refractivity contribution is 9.10. The number of methoxy groups -OCH3 is 1. The van der Waals surface area contributed by atoms with E-state index in [1.807, 2.05) is 37.3 Å². The minimum Gasteiger partial charge on any atom is -0.496 e. The van der Waals surface area contributed by atoms with Crippen LogP contribution in [0.5, 0.6) is 5.75 Å². The molecule has 1 atom stereocenters. The predicted molar refractivity (Wildman–Crippen MR) is 87.7 cm³/mol. The highest BCUT2D eigenvalue weighted by atomic mass is 79.9. The van der Waals surface area contributed by atoms with Crippen molar-refractivity contribution in [2.75, 3.05) is 7.11 Å². The van der Waals surface area contributed by atoms with Gasteiger partial charge in [0.05, 0.1) is 11.9 Å². The van der Waals surface area contributed by atoms with Crippen molar-refractivity contribution in [2.24, 2.45) is 0 Å². The number of halogens is 3. The average Bonchev–Trinajstić information content (AvgIpc) is 2.41. The highest BCUT2D eigenvalue weighted by Crippen LogP contribution is 2.39. The summed E-state index contributed by atoms with van der Waals surface area (Å²) in [6.45, 7) is 2.04. The molecule has 0 heterocycles. The minimum absolute atomic E-state index is 0.0663. The van der Waals surface area contributed by atoms with E-state index in [2.05, 4.69) is 37.9 Å². The van der Waals surface area contributed by atoms with Crippen LogP contribution in [0.15, 0.2) is 40.9 Å². The Labute approximate surface area is 135 Å². The first-order valence-electron chi connectivity index (χ1n) is 5.76. The van der Waals surface area contributed by atoms with Gasteiger partial charge in [0.15, 0.2) is 0 Å². The Morgan fingerprint density at radius 1 is 1.16 bits per heavy atom. The van der Waals surface area contributed by atoms with Crippen molar-refractivity contribution in [3.63, 3.8) is 0 Å². The summed E-state index contributed by atoms with van der Waals surface area (Å²) in [5, 5.41) is 0.737. The van der Waals surface area contributed by atoms with Gasteiger partial charge in [-0.2, -0.15) is 0 Å². The lowest BCUT2D eigenvalue weighted by Crippen LogP contribution is -1.98. The first kappa shape index (κ1) is 14.9. The fourth-order valence-corrected chi connectivity index (χ4v) is 3.01. The van der Waals surface area contributed by atoms with E-state index >= 15 is 0 Å². The zero-order valence-corrected chi connectivity index (χ0v) is 14.5. The summed E-state index contributed by atoms with van der Waals surface area (Å²) in [4.78, 5) is 0.0663. The molecule has 2 aromatic carbocycles. The van der Waals surface area contributed by atoms with Crippen LogP contribution in [0.25, 0.3) is 0 Å². The second-order valence-corrected chi connectivity index (χ2v) is 6.46. The molecule has 0 aromatic heterocycles. The molecule has 0 spiro atoms. The molecule has 4 heteroatoms. The number of hydrogen-bond acceptors (Lipinski definition) is 1. The van der Waals surface area contributed by atoms with E-state index in [1.54, 1.807) is 7.11 Å². The first-order valence-corrected chi connectivity index (χ1v) is 7.85. The minimum atomic E-state index is 0.0663. The zero-order chi connectivity index (χ0) is 14.0. The molecule has 100 valence electrons. The molecule has 0 radical (unpaired) electrons. The van der Waals surface area contributed by atoms with Gasteiger partial charge < -0.3 is 4.74 Å². The average molecular weight is 405 g/mol. The normalized spacial score (nSPS) is 12.3. The van der Waals surface area contributed by atoms with Gasteiger partial charge in [0.25, 0.3) is 0 Å². The lowest BCUT2D eigenvalue weighted by atomic mass is 10.0. The Kier molecular flexibility index (Phi) is 4.93. The number of ether oxygens (including phenoxy) is 1. The largest absolute Gasteiger partial charge is 0.496 e. The summed E-state index contributed by atoms with van der Waals surface area (Å²) >= 11 is 13.2. The molecule has 0 aliphatic heterocycles. The lowest BCUT2D eigenvalue weighted by Gasteiger charge is -2.16. The number of alkyl halides is 1. The molecule has 0 N–H and O–H groups in total. The zero-order valence-electron chi connectivity index (χ0n) is 10.6. The SMILES string of the molecule is COc1cc(C)c(Br)cc1C(Br)c1ccc(Cl)cc1. The van der Waals surface area contributed by atoms with Gasteiger partial charge in [-0.05, 0) is 42.3 Å². The fourth-order valence-electron chi connectivity index (χ4n) is 1.86. The fraction of sp³-hybridized carbons (Fsp3) is 0.200. The standard InChI is InChI=1S/C15H13Br2ClO/c1-9-7-14(19-2)12(8-13(9)16)15(17)10-3-5-11(18)6-4-10/h3-8,15H,1-2H3. The highest BCUT2D eigenvalue weighted by Gasteiger charge is 2.16. The van der Waals surface area contributed by atoms with Crippen LogP contribution in [0.1, 0.15) is 21.5 Å². The maximum Gasteiger partial charge on any atom is 0.123 e. The molecule has 0 aliphatic carbocycles. The summed E-state index contributed by atoms with van der Waals surface area (Å²) in [5.41, 5.74) is 3.37. The molecule has 0 fully saturated rings. The van der Waals surface area contributed by atoms with Crippen LogP contribution in [0.3, 0.4) is 0 Å². The predicted octanol–water partition coefficient (Wildman–Crippen LogP) is 5.90. The van der Waals surface area contributed by atoms with Crippen molar-refractivity contribution in [3.8, 4) is 5.75 Å². The first-order chi connectivity index (χ1) is 9.02. The molecular weight excluding hydrogens is 391 g/mol. The molecule has 0 amide bonds. The van der Waals surface area contributed by atoms with E-state index < -0.39 is 0 Å². The monoisotopic (exact) mass is 402 g/mol. The summed E-state index contributed by atoms with van der Waals surface area (Å²) in [6, 6.07) is 11.9. The van der Waals surface area contributed by atoms with Crippen molar-refractivity contribution in [3.05, 3.63) is 62.6 Å². The van der Waals surface area contributed by atoms with Gasteiger partial charge in [-0.3, -0.25) is 0 Å². The maximum atomic E-state index is 5.92. The van der Waals surface area contributed by atoms with Gasteiger partial charge in [0.2, 0.25) is 0 Å². The molecule has 19 heavy (non-hydrogen) atoms. The number of benzene rings is 2. The third-order valence-corrected chi connectivity index (χ3v) is 5.07. The summed E-state index contributed by atoms with van der Waals surface area (Å²) < 4.78 is 6.54. The van der Waals surface area contributed by atoms with Gasteiger partial charge in [-0.1, -0.05) is 55.6 Å². The molecule has 1 unspecified atom stereocenters. The van der Waals surface area contributed by atoms with E-state index in [-0.39, 0.29) is 4.83 Å². The molecule has 0 aliphatic rings. The number of aryl methyl sites for hydroxylation is 1. The molecule has 0 bridgehead atoms. The maximum absolute atomic E-state index is 5.92. The van der Waals surface area contributed by atoms with E-state index in [9.17, 15) is 0 Å². The Bertz CT molecular complexity index is 581. The third-order valence-electron chi connectivity index (χ3n) is 2.95. The Balaban J connectivity index is 2.45. The van der Waals surface area contributed by atoms with Crippen molar-refractivity contribution in [2.45, 2.75) is 11.8 Å². The van der Waals surface area contributed by atoms with Crippen LogP contribution in [0.4, 0.5) is 0 Å². The van der Waals surface area contributed by atoms with Crippen LogP contribution in [0.2, 0.25) is 5.02 Å². The smallest absolute Gasteiger partial charge is 0.123 e. The molecule has 0 saturated heterocycles. The molecule has 0 saturated carbocycles. The summed E-state index contributed by atoms with van der Waals surface area (Å²) in [6.07, 6.45) is 0. The van der Waals surface area contributed by atoms with Crippen molar-refractivity contribution < 1.29 is 4.74 Å². The number of hydrogen-bond donors (Lipinski definition) is 0. The van der Waals surface area contributed by atoms with Crippen LogP contribution >= 0.6 is 43.5 Å². The van der Waals surface area contributed by atoms with E-state index in [0.29, 0.717) is 0 Å². The van der Waals surface area contributed by atoms with Crippen molar-refractivity contribution in [1.29, 1.82) is 0 Å². The van der Waals surface area contributed by atoms with Gasteiger partial charge >= 0.3 is 0 Å².